The molecule has 5 rings (SSSR count). The smallest absolute Gasteiger partial charge is 0.247 e. The van der Waals surface area contributed by atoms with Crippen LogP contribution in [0.15, 0.2) is 87.8 Å². The number of benzene rings is 3. The van der Waals surface area contributed by atoms with Crippen LogP contribution in [0.1, 0.15) is 23.1 Å². The second-order valence-electron chi connectivity index (χ2n) is 8.19. The fraction of sp³-hybridized carbons (Fsp3) is 0.231. The lowest BCUT2D eigenvalue weighted by Crippen LogP contribution is -2.47. The summed E-state index contributed by atoms with van der Waals surface area (Å²) < 4.78 is 6.93. The van der Waals surface area contributed by atoms with E-state index in [1.165, 1.54) is 11.1 Å². The van der Waals surface area contributed by atoms with E-state index in [0.29, 0.717) is 18.3 Å². The molecule has 0 radical (unpaired) electrons. The topological polar surface area (TPSA) is 45.4 Å². The molecular weight excluding hydrogens is 535 g/mol. The Morgan fingerprint density at radius 3 is 2.32 bits per heavy atom. The minimum atomic E-state index is 0. The van der Waals surface area contributed by atoms with E-state index in [1.54, 1.807) is 0 Å². The van der Waals surface area contributed by atoms with E-state index in [1.807, 2.05) is 36.4 Å². The molecule has 1 aliphatic heterocycles. The van der Waals surface area contributed by atoms with Crippen LogP contribution in [-0.2, 0) is 6.54 Å². The molecule has 1 saturated heterocycles. The predicted molar refractivity (Wildman–Crippen MR) is 141 cm³/mol. The van der Waals surface area contributed by atoms with Gasteiger partial charge in [-0.3, -0.25) is 9.80 Å². The molecule has 0 amide bonds. The number of aromatic nitrogens is 2. The van der Waals surface area contributed by atoms with Gasteiger partial charge in [0.15, 0.2) is 0 Å². The SMILES string of the molecule is Cl.Clc1cccc(C(c2ccccc2)N2CCN(Cc3nnc(-c4cccc(Br)c4)o3)CC2)c1. The molecule has 2 heterocycles. The van der Waals surface area contributed by atoms with E-state index < -0.39 is 0 Å². The average Bonchev–Trinajstić information content (AvgIpc) is 3.30. The first-order valence-corrected chi connectivity index (χ1v) is 12.2. The first-order chi connectivity index (χ1) is 16.2. The molecule has 1 fully saturated rings. The number of halogens is 3. The van der Waals surface area contributed by atoms with Crippen molar-refractivity contribution in [2.75, 3.05) is 26.2 Å². The summed E-state index contributed by atoms with van der Waals surface area (Å²) in [5, 5.41) is 9.28. The zero-order chi connectivity index (χ0) is 22.6. The molecule has 0 saturated carbocycles. The van der Waals surface area contributed by atoms with E-state index in [4.69, 9.17) is 16.0 Å². The van der Waals surface area contributed by atoms with Crippen LogP contribution in [-0.4, -0.2) is 46.2 Å². The lowest BCUT2D eigenvalue weighted by Gasteiger charge is -2.39. The van der Waals surface area contributed by atoms with Gasteiger partial charge in [-0.1, -0.05) is 76.1 Å². The molecule has 3 aromatic carbocycles. The molecule has 8 heteroatoms. The number of hydrogen-bond acceptors (Lipinski definition) is 5. The third-order valence-electron chi connectivity index (χ3n) is 5.95. The van der Waals surface area contributed by atoms with Gasteiger partial charge in [0, 0.05) is 41.2 Å². The van der Waals surface area contributed by atoms with Crippen LogP contribution in [0.5, 0.6) is 0 Å². The zero-order valence-corrected chi connectivity index (χ0v) is 21.6. The van der Waals surface area contributed by atoms with Crippen molar-refractivity contribution in [3.63, 3.8) is 0 Å². The Labute approximate surface area is 219 Å². The van der Waals surface area contributed by atoms with Crippen molar-refractivity contribution in [3.8, 4) is 11.5 Å². The Kier molecular flexibility index (Phi) is 8.40. The highest BCUT2D eigenvalue weighted by atomic mass is 79.9. The van der Waals surface area contributed by atoms with E-state index >= 15 is 0 Å². The van der Waals surface area contributed by atoms with Gasteiger partial charge in [0.1, 0.15) is 0 Å². The minimum absolute atomic E-state index is 0. The van der Waals surface area contributed by atoms with E-state index in [0.717, 1.165) is 41.2 Å². The number of nitrogens with zero attached hydrogens (tertiary/aromatic N) is 4. The summed E-state index contributed by atoms with van der Waals surface area (Å²) in [5.74, 6) is 1.20. The van der Waals surface area contributed by atoms with Crippen molar-refractivity contribution < 1.29 is 4.42 Å². The molecule has 0 aliphatic carbocycles. The average molecular weight is 560 g/mol. The van der Waals surface area contributed by atoms with Crippen LogP contribution in [0.25, 0.3) is 11.5 Å². The lowest BCUT2D eigenvalue weighted by molar-refractivity contribution is 0.0986. The second kappa shape index (κ2) is 11.5. The molecule has 1 unspecified atom stereocenters. The normalized spacial score (nSPS) is 15.6. The Morgan fingerprint density at radius 2 is 1.59 bits per heavy atom. The lowest BCUT2D eigenvalue weighted by atomic mass is 9.96. The van der Waals surface area contributed by atoms with Crippen LogP contribution in [0.3, 0.4) is 0 Å². The quantitative estimate of drug-likeness (QED) is 0.270. The van der Waals surface area contributed by atoms with Crippen molar-refractivity contribution in [2.45, 2.75) is 12.6 Å². The van der Waals surface area contributed by atoms with Crippen LogP contribution in [0.4, 0.5) is 0 Å². The Hall–Kier alpha value is -2.22. The van der Waals surface area contributed by atoms with Crippen molar-refractivity contribution in [2.24, 2.45) is 0 Å². The van der Waals surface area contributed by atoms with Crippen molar-refractivity contribution in [1.82, 2.24) is 20.0 Å². The summed E-state index contributed by atoms with van der Waals surface area (Å²) in [6, 6.07) is 26.9. The molecule has 0 N–H and O–H groups in total. The molecule has 1 aromatic heterocycles. The first-order valence-electron chi connectivity index (χ1n) is 11.0. The molecule has 1 atom stereocenters. The number of hydrogen-bond donors (Lipinski definition) is 0. The highest BCUT2D eigenvalue weighted by molar-refractivity contribution is 9.10. The third kappa shape index (κ3) is 5.88. The minimum Gasteiger partial charge on any atom is -0.419 e. The van der Waals surface area contributed by atoms with Crippen LogP contribution in [0.2, 0.25) is 5.02 Å². The van der Waals surface area contributed by atoms with Gasteiger partial charge in [0.25, 0.3) is 0 Å². The van der Waals surface area contributed by atoms with Gasteiger partial charge < -0.3 is 4.42 Å². The number of piperazine rings is 1. The van der Waals surface area contributed by atoms with E-state index in [9.17, 15) is 0 Å². The van der Waals surface area contributed by atoms with E-state index in [-0.39, 0.29) is 18.4 Å². The highest BCUT2D eigenvalue weighted by Gasteiger charge is 2.27. The molecule has 176 valence electrons. The Bertz CT molecular complexity index is 1210. The third-order valence-corrected chi connectivity index (χ3v) is 6.68. The summed E-state index contributed by atoms with van der Waals surface area (Å²) in [4.78, 5) is 4.90. The monoisotopic (exact) mass is 558 g/mol. The van der Waals surface area contributed by atoms with Crippen LogP contribution >= 0.6 is 39.9 Å². The van der Waals surface area contributed by atoms with Crippen LogP contribution < -0.4 is 0 Å². The largest absolute Gasteiger partial charge is 0.419 e. The van der Waals surface area contributed by atoms with Gasteiger partial charge in [0.05, 0.1) is 12.6 Å². The standard InChI is InChI=1S/C26H24BrClN4O.ClH/c27-22-10-4-9-21(16-22)26-30-29-24(33-26)18-31-12-14-32(15-13-31)25(19-6-2-1-3-7-19)20-8-5-11-23(28)17-20;/h1-11,16-17,25H,12-15,18H2;1H. The Balaban J connectivity index is 0.00000274. The van der Waals surface area contributed by atoms with Gasteiger partial charge in [-0.2, -0.15) is 0 Å². The van der Waals surface area contributed by atoms with Crippen LogP contribution in [0, 0.1) is 0 Å². The summed E-state index contributed by atoms with van der Waals surface area (Å²) in [6.45, 7) is 4.40. The van der Waals surface area contributed by atoms with Gasteiger partial charge >= 0.3 is 0 Å². The molecule has 1 aliphatic rings. The maximum Gasteiger partial charge on any atom is 0.247 e. The van der Waals surface area contributed by atoms with Gasteiger partial charge in [0.2, 0.25) is 11.8 Å². The van der Waals surface area contributed by atoms with Crippen molar-refractivity contribution in [1.29, 1.82) is 0 Å². The molecule has 34 heavy (non-hydrogen) atoms. The molecular formula is C26H25BrCl2N4O. The summed E-state index contributed by atoms with van der Waals surface area (Å²) in [6.07, 6.45) is 0. The maximum absolute atomic E-state index is 6.33. The van der Waals surface area contributed by atoms with Gasteiger partial charge in [-0.05, 0) is 41.5 Å². The predicted octanol–water partition coefficient (Wildman–Crippen LogP) is 6.48. The maximum atomic E-state index is 6.33. The summed E-state index contributed by atoms with van der Waals surface area (Å²) >= 11 is 9.82. The fourth-order valence-electron chi connectivity index (χ4n) is 4.35. The fourth-order valence-corrected chi connectivity index (χ4v) is 4.95. The molecule has 5 nitrogen and oxygen atoms in total. The Morgan fingerprint density at radius 1 is 0.853 bits per heavy atom. The van der Waals surface area contributed by atoms with Gasteiger partial charge in [-0.25, -0.2) is 0 Å². The first kappa shape index (κ1) is 24.9. The van der Waals surface area contributed by atoms with Crippen molar-refractivity contribution >= 4 is 39.9 Å². The molecule has 4 aromatic rings. The van der Waals surface area contributed by atoms with E-state index in [2.05, 4.69) is 78.4 Å². The van der Waals surface area contributed by atoms with Crippen molar-refractivity contribution in [3.05, 3.63) is 105 Å². The van der Waals surface area contributed by atoms with Gasteiger partial charge in [-0.15, -0.1) is 22.6 Å². The highest BCUT2D eigenvalue weighted by Crippen LogP contribution is 2.31. The molecule has 0 bridgehead atoms. The zero-order valence-electron chi connectivity index (χ0n) is 18.5. The second-order valence-corrected chi connectivity index (χ2v) is 9.54. The summed E-state index contributed by atoms with van der Waals surface area (Å²) in [5.41, 5.74) is 3.42. The summed E-state index contributed by atoms with van der Waals surface area (Å²) in [7, 11) is 0. The molecule has 0 spiro atoms. The number of rotatable bonds is 6.